The quantitative estimate of drug-likeness (QED) is 0.883. The average Bonchev–Trinajstić information content (AvgIpc) is 2.46. The number of anilines is 1. The predicted octanol–water partition coefficient (Wildman–Crippen LogP) is 3.67. The molecule has 0 bridgehead atoms. The van der Waals surface area contributed by atoms with E-state index in [9.17, 15) is 5.11 Å². The van der Waals surface area contributed by atoms with Crippen molar-refractivity contribution in [2.24, 2.45) is 0 Å². The third-order valence-electron chi connectivity index (χ3n) is 2.92. The Labute approximate surface area is 122 Å². The van der Waals surface area contributed by atoms with Gasteiger partial charge in [0.15, 0.2) is 0 Å². The maximum Gasteiger partial charge on any atom is 0.142 e. The zero-order chi connectivity index (χ0) is 14.5. The first-order chi connectivity index (χ1) is 9.63. The Balaban J connectivity index is 2.14. The van der Waals surface area contributed by atoms with Gasteiger partial charge in [-0.05, 0) is 30.3 Å². The minimum Gasteiger partial charge on any atom is -0.507 e. The van der Waals surface area contributed by atoms with Crippen LogP contribution in [0.2, 0.25) is 5.02 Å². The number of nitrogens with one attached hydrogen (secondary N) is 1. The zero-order valence-corrected chi connectivity index (χ0v) is 12.1. The number of methoxy groups -OCH3 is 2. The highest BCUT2D eigenvalue weighted by molar-refractivity contribution is 6.30. The first-order valence-electron chi connectivity index (χ1n) is 6.07. The molecule has 0 aromatic heterocycles. The molecule has 4 nitrogen and oxygen atoms in total. The van der Waals surface area contributed by atoms with Crippen LogP contribution in [0.25, 0.3) is 0 Å². The number of aromatic hydroxyl groups is 1. The first kappa shape index (κ1) is 14.3. The van der Waals surface area contributed by atoms with E-state index in [4.69, 9.17) is 21.1 Å². The Morgan fingerprint density at radius 1 is 1.10 bits per heavy atom. The minimum atomic E-state index is 0.179. The lowest BCUT2D eigenvalue weighted by molar-refractivity contribution is 0.406. The van der Waals surface area contributed by atoms with Gasteiger partial charge in [-0.25, -0.2) is 0 Å². The van der Waals surface area contributed by atoms with Gasteiger partial charge >= 0.3 is 0 Å². The number of halogens is 1. The fraction of sp³-hybridized carbons (Fsp3) is 0.200. The van der Waals surface area contributed by atoms with Crippen molar-refractivity contribution in [3.05, 3.63) is 47.0 Å². The number of rotatable bonds is 5. The topological polar surface area (TPSA) is 50.7 Å². The summed E-state index contributed by atoms with van der Waals surface area (Å²) in [5.74, 6) is 1.49. The Hall–Kier alpha value is -2.07. The van der Waals surface area contributed by atoms with Crippen molar-refractivity contribution in [1.29, 1.82) is 0 Å². The Bertz CT molecular complexity index is 602. The van der Waals surface area contributed by atoms with Gasteiger partial charge in [0.2, 0.25) is 0 Å². The molecule has 0 amide bonds. The Kier molecular flexibility index (Phi) is 4.58. The second-order valence-electron chi connectivity index (χ2n) is 4.19. The normalized spacial score (nSPS) is 10.2. The van der Waals surface area contributed by atoms with E-state index >= 15 is 0 Å². The van der Waals surface area contributed by atoms with Gasteiger partial charge in [-0.2, -0.15) is 0 Å². The van der Waals surface area contributed by atoms with Crippen LogP contribution in [0, 0.1) is 0 Å². The molecule has 0 saturated heterocycles. The summed E-state index contributed by atoms with van der Waals surface area (Å²) in [6.45, 7) is 0.451. The molecular formula is C15H16ClNO3. The highest BCUT2D eigenvalue weighted by Gasteiger charge is 2.06. The first-order valence-corrected chi connectivity index (χ1v) is 6.45. The molecule has 2 aromatic carbocycles. The number of ether oxygens (including phenoxy) is 2. The monoisotopic (exact) mass is 293 g/mol. The molecule has 0 atom stereocenters. The van der Waals surface area contributed by atoms with Crippen LogP contribution >= 0.6 is 11.6 Å². The lowest BCUT2D eigenvalue weighted by Crippen LogP contribution is -2.01. The van der Waals surface area contributed by atoms with E-state index in [-0.39, 0.29) is 5.75 Å². The van der Waals surface area contributed by atoms with Crippen LogP contribution in [0.15, 0.2) is 36.4 Å². The second-order valence-corrected chi connectivity index (χ2v) is 4.63. The van der Waals surface area contributed by atoms with Crippen LogP contribution in [-0.2, 0) is 6.54 Å². The molecule has 2 aromatic rings. The van der Waals surface area contributed by atoms with Gasteiger partial charge in [-0.3, -0.25) is 0 Å². The van der Waals surface area contributed by atoms with E-state index in [1.54, 1.807) is 50.6 Å². The molecule has 0 unspecified atom stereocenters. The molecule has 0 radical (unpaired) electrons. The van der Waals surface area contributed by atoms with Crippen LogP contribution in [0.4, 0.5) is 5.69 Å². The van der Waals surface area contributed by atoms with Crippen molar-refractivity contribution < 1.29 is 14.6 Å². The molecule has 0 aliphatic carbocycles. The third-order valence-corrected chi connectivity index (χ3v) is 3.16. The summed E-state index contributed by atoms with van der Waals surface area (Å²) in [6.07, 6.45) is 0. The van der Waals surface area contributed by atoms with Gasteiger partial charge in [-0.1, -0.05) is 11.6 Å². The highest BCUT2D eigenvalue weighted by atomic mass is 35.5. The van der Waals surface area contributed by atoms with E-state index in [0.29, 0.717) is 23.1 Å². The maximum absolute atomic E-state index is 9.90. The summed E-state index contributed by atoms with van der Waals surface area (Å²) < 4.78 is 10.3. The van der Waals surface area contributed by atoms with Crippen LogP contribution in [0.3, 0.4) is 0 Å². The van der Waals surface area contributed by atoms with Crippen LogP contribution in [0.5, 0.6) is 17.2 Å². The maximum atomic E-state index is 9.90. The standard InChI is InChI=1S/C15H16ClNO3/c1-19-12-5-3-10(14(18)8-12)9-17-13-7-11(16)4-6-15(13)20-2/h3-8,17-18H,9H2,1-2H3. The summed E-state index contributed by atoms with van der Waals surface area (Å²) in [5.41, 5.74) is 1.53. The highest BCUT2D eigenvalue weighted by Crippen LogP contribution is 2.29. The molecule has 0 spiro atoms. The number of hydrogen-bond acceptors (Lipinski definition) is 4. The minimum absolute atomic E-state index is 0.179. The van der Waals surface area contributed by atoms with Gasteiger partial charge in [0, 0.05) is 23.2 Å². The number of phenols is 1. The molecule has 0 aliphatic heterocycles. The van der Waals surface area contributed by atoms with Crippen molar-refractivity contribution in [2.75, 3.05) is 19.5 Å². The Morgan fingerprint density at radius 2 is 1.90 bits per heavy atom. The summed E-state index contributed by atoms with van der Waals surface area (Å²) in [5, 5.41) is 13.7. The van der Waals surface area contributed by atoms with Crippen molar-refractivity contribution in [3.8, 4) is 17.2 Å². The van der Waals surface area contributed by atoms with Crippen LogP contribution in [0.1, 0.15) is 5.56 Å². The van der Waals surface area contributed by atoms with Gasteiger partial charge in [-0.15, -0.1) is 0 Å². The lowest BCUT2D eigenvalue weighted by Gasteiger charge is -2.12. The van der Waals surface area contributed by atoms with Gasteiger partial charge in [0.25, 0.3) is 0 Å². The summed E-state index contributed by atoms with van der Waals surface area (Å²) >= 11 is 5.96. The smallest absolute Gasteiger partial charge is 0.142 e. The molecule has 2 N–H and O–H groups in total. The largest absolute Gasteiger partial charge is 0.507 e. The fourth-order valence-electron chi connectivity index (χ4n) is 1.83. The molecule has 5 heteroatoms. The van der Waals surface area contributed by atoms with Crippen LogP contribution in [-0.4, -0.2) is 19.3 Å². The summed E-state index contributed by atoms with van der Waals surface area (Å²) in [6, 6.07) is 10.5. The second kappa shape index (κ2) is 6.39. The number of benzene rings is 2. The third kappa shape index (κ3) is 3.27. The van der Waals surface area contributed by atoms with Crippen molar-refractivity contribution in [3.63, 3.8) is 0 Å². The van der Waals surface area contributed by atoms with E-state index < -0.39 is 0 Å². The molecular weight excluding hydrogens is 278 g/mol. The van der Waals surface area contributed by atoms with E-state index in [1.165, 1.54) is 0 Å². The molecule has 0 aliphatic rings. The average molecular weight is 294 g/mol. The molecule has 106 valence electrons. The summed E-state index contributed by atoms with van der Waals surface area (Å²) in [7, 11) is 3.16. The molecule has 0 saturated carbocycles. The lowest BCUT2D eigenvalue weighted by atomic mass is 10.2. The van der Waals surface area contributed by atoms with E-state index in [2.05, 4.69) is 5.32 Å². The van der Waals surface area contributed by atoms with E-state index in [1.807, 2.05) is 0 Å². The van der Waals surface area contributed by atoms with E-state index in [0.717, 1.165) is 11.3 Å². The molecule has 0 heterocycles. The Morgan fingerprint density at radius 3 is 2.55 bits per heavy atom. The molecule has 20 heavy (non-hydrogen) atoms. The van der Waals surface area contributed by atoms with Crippen molar-refractivity contribution in [2.45, 2.75) is 6.54 Å². The van der Waals surface area contributed by atoms with Gasteiger partial charge in [0.05, 0.1) is 19.9 Å². The molecule has 0 fully saturated rings. The van der Waals surface area contributed by atoms with Crippen molar-refractivity contribution >= 4 is 17.3 Å². The van der Waals surface area contributed by atoms with Crippen molar-refractivity contribution in [1.82, 2.24) is 0 Å². The van der Waals surface area contributed by atoms with Gasteiger partial charge in [0.1, 0.15) is 17.2 Å². The zero-order valence-electron chi connectivity index (χ0n) is 11.3. The molecule has 2 rings (SSSR count). The number of phenolic OH excluding ortho intramolecular Hbond substituents is 1. The number of hydrogen-bond donors (Lipinski definition) is 2. The summed E-state index contributed by atoms with van der Waals surface area (Å²) in [4.78, 5) is 0. The fourth-order valence-corrected chi connectivity index (χ4v) is 2.00. The SMILES string of the molecule is COc1ccc(CNc2cc(Cl)ccc2OC)c(O)c1. The predicted molar refractivity (Wildman–Crippen MR) is 80.0 cm³/mol. The van der Waals surface area contributed by atoms with Gasteiger partial charge < -0.3 is 19.9 Å². The van der Waals surface area contributed by atoms with Crippen LogP contribution < -0.4 is 14.8 Å².